The number of amides is 2. The molecule has 0 aliphatic heterocycles. The predicted octanol–water partition coefficient (Wildman–Crippen LogP) is 3.74. The van der Waals surface area contributed by atoms with Gasteiger partial charge in [-0.15, -0.1) is 0 Å². The quantitative estimate of drug-likeness (QED) is 0.730. The first-order valence-electron chi connectivity index (χ1n) is 8.42. The van der Waals surface area contributed by atoms with Gasteiger partial charge in [0.1, 0.15) is 5.82 Å². The third-order valence-corrected chi connectivity index (χ3v) is 3.90. The molecule has 6 nitrogen and oxygen atoms in total. The van der Waals surface area contributed by atoms with Gasteiger partial charge in [0, 0.05) is 24.1 Å². The van der Waals surface area contributed by atoms with E-state index in [2.05, 4.69) is 10.3 Å². The minimum atomic E-state index is -4.74. The van der Waals surface area contributed by atoms with Gasteiger partial charge in [0.05, 0.1) is 0 Å². The molecule has 0 aliphatic rings. The van der Waals surface area contributed by atoms with Gasteiger partial charge >= 0.3 is 6.18 Å². The van der Waals surface area contributed by atoms with Crippen LogP contribution in [-0.4, -0.2) is 29.1 Å². The number of rotatable bonds is 6. The van der Waals surface area contributed by atoms with Gasteiger partial charge in [-0.25, -0.2) is 10.5 Å². The Labute approximate surface area is 160 Å². The maximum absolute atomic E-state index is 13.6. The molecule has 2 amide bonds. The fourth-order valence-corrected chi connectivity index (χ4v) is 2.60. The molecule has 1 heterocycles. The van der Waals surface area contributed by atoms with E-state index in [-0.39, 0.29) is 16.9 Å². The van der Waals surface area contributed by atoms with Crippen molar-refractivity contribution >= 4 is 17.6 Å². The van der Waals surface area contributed by atoms with E-state index in [0.29, 0.717) is 5.69 Å². The van der Waals surface area contributed by atoms with Crippen LogP contribution in [0.5, 0.6) is 0 Å². The van der Waals surface area contributed by atoms with Crippen molar-refractivity contribution in [3.63, 3.8) is 0 Å². The molecule has 150 valence electrons. The highest BCUT2D eigenvalue weighted by molar-refractivity contribution is 5.93. The number of anilines is 1. The summed E-state index contributed by atoms with van der Waals surface area (Å²) in [6.07, 6.45) is -7.04. The molecule has 0 spiro atoms. The lowest BCUT2D eigenvalue weighted by molar-refractivity contribution is -0.238. The molecule has 0 aliphatic carbocycles. The summed E-state index contributed by atoms with van der Waals surface area (Å²) >= 11 is 0. The van der Waals surface area contributed by atoms with Crippen LogP contribution in [0.4, 0.5) is 19.0 Å². The number of pyridine rings is 1. The Morgan fingerprint density at radius 1 is 1.14 bits per heavy atom. The summed E-state index contributed by atoms with van der Waals surface area (Å²) in [6.45, 7) is 4.19. The SMILES string of the molecule is CC(=O)Nc1cc(C(C)C(ONC(=O)c2ccccc2)C(F)(F)F)cc(C)n1. The zero-order valence-corrected chi connectivity index (χ0v) is 15.5. The van der Waals surface area contributed by atoms with Crippen molar-refractivity contribution in [3.8, 4) is 0 Å². The zero-order valence-electron chi connectivity index (χ0n) is 15.5. The number of benzene rings is 1. The van der Waals surface area contributed by atoms with Gasteiger partial charge in [0.25, 0.3) is 5.91 Å². The third-order valence-electron chi connectivity index (χ3n) is 3.90. The van der Waals surface area contributed by atoms with Gasteiger partial charge in [-0.2, -0.15) is 13.2 Å². The molecule has 1 aromatic heterocycles. The van der Waals surface area contributed by atoms with Crippen LogP contribution in [0.1, 0.15) is 41.4 Å². The van der Waals surface area contributed by atoms with E-state index in [9.17, 15) is 22.8 Å². The molecular formula is C19H20F3N3O3. The van der Waals surface area contributed by atoms with Crippen LogP contribution in [-0.2, 0) is 9.63 Å². The van der Waals surface area contributed by atoms with E-state index in [1.54, 1.807) is 25.1 Å². The number of halogens is 3. The molecule has 0 radical (unpaired) electrons. The Hall–Kier alpha value is -2.94. The van der Waals surface area contributed by atoms with Crippen molar-refractivity contribution in [2.75, 3.05) is 5.32 Å². The monoisotopic (exact) mass is 395 g/mol. The van der Waals surface area contributed by atoms with Gasteiger partial charge in [-0.1, -0.05) is 25.1 Å². The van der Waals surface area contributed by atoms with E-state index >= 15 is 0 Å². The van der Waals surface area contributed by atoms with Crippen LogP contribution in [0.3, 0.4) is 0 Å². The smallest absolute Gasteiger partial charge is 0.311 e. The van der Waals surface area contributed by atoms with Crippen LogP contribution in [0.2, 0.25) is 0 Å². The van der Waals surface area contributed by atoms with Crippen LogP contribution in [0.25, 0.3) is 0 Å². The van der Waals surface area contributed by atoms with Crippen molar-refractivity contribution in [2.45, 2.75) is 39.0 Å². The van der Waals surface area contributed by atoms with Gasteiger partial charge in [-0.3, -0.25) is 14.4 Å². The second-order valence-electron chi connectivity index (χ2n) is 6.27. The first-order chi connectivity index (χ1) is 13.1. The summed E-state index contributed by atoms with van der Waals surface area (Å²) < 4.78 is 40.7. The highest BCUT2D eigenvalue weighted by atomic mass is 19.4. The molecule has 2 unspecified atom stereocenters. The number of alkyl halides is 3. The summed E-state index contributed by atoms with van der Waals surface area (Å²) in [5.41, 5.74) is 2.73. The van der Waals surface area contributed by atoms with Crippen molar-refractivity contribution in [2.24, 2.45) is 0 Å². The lowest BCUT2D eigenvalue weighted by atomic mass is 9.95. The Balaban J connectivity index is 2.22. The maximum atomic E-state index is 13.6. The lowest BCUT2D eigenvalue weighted by Gasteiger charge is -2.26. The highest BCUT2D eigenvalue weighted by Crippen LogP contribution is 2.34. The Morgan fingerprint density at radius 2 is 1.79 bits per heavy atom. The van der Waals surface area contributed by atoms with Crippen molar-refractivity contribution in [3.05, 3.63) is 59.3 Å². The average molecular weight is 395 g/mol. The Morgan fingerprint density at radius 3 is 2.36 bits per heavy atom. The summed E-state index contributed by atoms with van der Waals surface area (Å²) in [5.74, 6) is -2.21. The molecule has 0 fully saturated rings. The summed E-state index contributed by atoms with van der Waals surface area (Å²) in [4.78, 5) is 32.0. The fourth-order valence-electron chi connectivity index (χ4n) is 2.60. The van der Waals surface area contributed by atoms with Crippen molar-refractivity contribution < 1.29 is 27.6 Å². The molecule has 0 saturated carbocycles. The van der Waals surface area contributed by atoms with Gasteiger partial charge in [0.15, 0.2) is 6.10 Å². The van der Waals surface area contributed by atoms with Crippen molar-refractivity contribution in [1.82, 2.24) is 10.5 Å². The molecular weight excluding hydrogens is 375 g/mol. The number of nitrogens with zero attached hydrogens (tertiary/aromatic N) is 1. The molecule has 2 N–H and O–H groups in total. The lowest BCUT2D eigenvalue weighted by Crippen LogP contribution is -2.42. The van der Waals surface area contributed by atoms with Crippen LogP contribution < -0.4 is 10.8 Å². The third kappa shape index (κ3) is 5.78. The Bertz CT molecular complexity index is 841. The minimum absolute atomic E-state index is 0.142. The predicted molar refractivity (Wildman–Crippen MR) is 96.5 cm³/mol. The number of hydroxylamine groups is 1. The zero-order chi connectivity index (χ0) is 20.9. The standard InChI is InChI=1S/C19H20F3N3O3/c1-11-9-15(10-16(23-11)24-13(3)26)12(2)17(19(20,21)22)28-25-18(27)14-7-5-4-6-8-14/h4-10,12,17H,1-3H3,(H,25,27)(H,23,24,26). The van der Waals surface area contributed by atoms with E-state index in [1.807, 2.05) is 5.48 Å². The van der Waals surface area contributed by atoms with E-state index in [4.69, 9.17) is 4.84 Å². The molecule has 1 aromatic carbocycles. The molecule has 9 heteroatoms. The van der Waals surface area contributed by atoms with Crippen LogP contribution in [0, 0.1) is 6.92 Å². The number of aryl methyl sites for hydroxylation is 1. The number of carbonyl (C=O) groups is 2. The first kappa shape index (κ1) is 21.4. The fraction of sp³-hybridized carbons (Fsp3) is 0.316. The molecule has 2 atom stereocenters. The number of aromatic nitrogens is 1. The molecule has 2 aromatic rings. The maximum Gasteiger partial charge on any atom is 0.417 e. The number of nitrogens with one attached hydrogen (secondary N) is 2. The topological polar surface area (TPSA) is 80.3 Å². The minimum Gasteiger partial charge on any atom is -0.311 e. The summed E-state index contributed by atoms with van der Waals surface area (Å²) in [5, 5.41) is 2.45. The van der Waals surface area contributed by atoms with Crippen LogP contribution in [0.15, 0.2) is 42.5 Å². The highest BCUT2D eigenvalue weighted by Gasteiger charge is 2.46. The van der Waals surface area contributed by atoms with Gasteiger partial charge < -0.3 is 5.32 Å². The number of carbonyl (C=O) groups excluding carboxylic acids is 2. The normalized spacial score (nSPS) is 13.5. The van der Waals surface area contributed by atoms with E-state index in [0.717, 1.165) is 0 Å². The first-order valence-corrected chi connectivity index (χ1v) is 8.42. The molecule has 0 saturated heterocycles. The van der Waals surface area contributed by atoms with Crippen molar-refractivity contribution in [1.29, 1.82) is 0 Å². The molecule has 28 heavy (non-hydrogen) atoms. The van der Waals surface area contributed by atoms with E-state index < -0.39 is 30.0 Å². The summed E-state index contributed by atoms with van der Waals surface area (Å²) in [6, 6.07) is 10.6. The molecule has 2 rings (SSSR count). The van der Waals surface area contributed by atoms with E-state index in [1.165, 1.54) is 38.1 Å². The number of hydrogen-bond acceptors (Lipinski definition) is 4. The van der Waals surface area contributed by atoms with Crippen LogP contribution >= 0.6 is 0 Å². The molecule has 0 bridgehead atoms. The second kappa shape index (κ2) is 8.83. The summed E-state index contributed by atoms with van der Waals surface area (Å²) in [7, 11) is 0. The average Bonchev–Trinajstić information content (AvgIpc) is 2.60. The number of hydrogen-bond donors (Lipinski definition) is 2. The largest absolute Gasteiger partial charge is 0.417 e. The van der Waals surface area contributed by atoms with Gasteiger partial charge in [-0.05, 0) is 36.8 Å². The Kier molecular flexibility index (Phi) is 6.74. The second-order valence-corrected chi connectivity index (χ2v) is 6.27. The van der Waals surface area contributed by atoms with Gasteiger partial charge in [0.2, 0.25) is 5.91 Å².